The summed E-state index contributed by atoms with van der Waals surface area (Å²) < 4.78 is 15.4. The summed E-state index contributed by atoms with van der Waals surface area (Å²) >= 11 is 0. The van der Waals surface area contributed by atoms with Crippen molar-refractivity contribution in [2.24, 2.45) is 43.8 Å². The van der Waals surface area contributed by atoms with E-state index in [1.165, 1.54) is 6.42 Å². The highest BCUT2D eigenvalue weighted by Gasteiger charge is 2.34. The van der Waals surface area contributed by atoms with Gasteiger partial charge in [0.05, 0.1) is 26.4 Å². The number of piperazine rings is 1. The van der Waals surface area contributed by atoms with Crippen LogP contribution in [0.2, 0.25) is 0 Å². The van der Waals surface area contributed by atoms with Crippen molar-refractivity contribution < 1.29 is 14.2 Å². The molecule has 4 aliphatic heterocycles. The average molecular weight is 1960 g/mol. The third kappa shape index (κ3) is 39.0. The molecule has 0 aliphatic carbocycles. The van der Waals surface area contributed by atoms with Crippen LogP contribution in [0.3, 0.4) is 0 Å². The second-order valence-electron chi connectivity index (χ2n) is 46.6. The third-order valence-electron chi connectivity index (χ3n) is 25.5. The van der Waals surface area contributed by atoms with Crippen molar-refractivity contribution in [3.05, 3.63) is 143 Å². The monoisotopic (exact) mass is 1960 g/mol. The average Bonchev–Trinajstić information content (AvgIpc) is 0.859. The van der Waals surface area contributed by atoms with Crippen molar-refractivity contribution in [2.45, 2.75) is 295 Å². The molecule has 7 aromatic carbocycles. The Labute approximate surface area is 833 Å². The lowest BCUT2D eigenvalue weighted by molar-refractivity contribution is 0.122. The summed E-state index contributed by atoms with van der Waals surface area (Å²) in [4.78, 5) is 176. The van der Waals surface area contributed by atoms with Crippen molar-refractivity contribution in [1.29, 1.82) is 0 Å². The summed E-state index contributed by atoms with van der Waals surface area (Å²) in [5.41, 5.74) is 4.60. The molecular weight excluding hydrogens is 1780 g/mol. The van der Waals surface area contributed by atoms with E-state index in [-0.39, 0.29) is 59.7 Å². The van der Waals surface area contributed by atoms with Crippen molar-refractivity contribution in [1.82, 2.24) is 5.32 Å². The van der Waals surface area contributed by atoms with Gasteiger partial charge in [-0.25, -0.2) is 0 Å². The SMILES string of the molecule is CC(C)(C)CCCNc1c(N2CCCCC2)c(=O)c1=O.CC(C)(C)CCCNc1c(N2CCNCC2)c(=O)c1=O.CC(C)(C)CCCNc1c(N2CCOCC2)c(=O)c1=O.CC1CCN(c2c(NCCCC(C)(C)C)c(=O)c2=O)CC1.CCN(CC)c1c(NCCCC(C)(C)C)c(=O)c1=O.CCNc1c(NCCCC(C)(C)C)c(=O)c1=O.COCCN(CCOC)c1c(NCCCC(C)(C)C)c(=O)c1=O. The van der Waals surface area contributed by atoms with E-state index < -0.39 is 21.7 Å². The Hall–Kier alpha value is -9.40. The van der Waals surface area contributed by atoms with Crippen LogP contribution in [0, 0.1) is 43.8 Å². The lowest BCUT2D eigenvalue weighted by Crippen LogP contribution is -2.50. The Morgan fingerprint density at radius 2 is 0.543 bits per heavy atom. The predicted octanol–water partition coefficient (Wildman–Crippen LogP) is 13.5. The Balaban J connectivity index is 0.000000288. The zero-order chi connectivity index (χ0) is 105. The van der Waals surface area contributed by atoms with Crippen LogP contribution in [0.15, 0.2) is 67.1 Å². The van der Waals surface area contributed by atoms with Gasteiger partial charge >= 0.3 is 0 Å². The fourth-order valence-corrected chi connectivity index (χ4v) is 17.1. The first-order chi connectivity index (χ1) is 65.5. The number of nitrogens with one attached hydrogen (secondary N) is 9. The van der Waals surface area contributed by atoms with Gasteiger partial charge in [0.2, 0.25) is 0 Å². The first kappa shape index (κ1) is 121. The number of hydrogen-bond donors (Lipinski definition) is 9. The first-order valence-electron chi connectivity index (χ1n) is 52.0. The molecule has 0 bridgehead atoms. The number of ether oxygens (including phenoxy) is 3. The molecule has 32 nitrogen and oxygen atoms in total. The molecule has 32 heteroatoms. The van der Waals surface area contributed by atoms with Crippen molar-refractivity contribution in [3.8, 4) is 0 Å². The smallest absolute Gasteiger partial charge is 0.253 e. The number of methoxy groups -OCH3 is 2. The fraction of sp³-hybridized carbons (Fsp3) is 0.741. The molecule has 0 amide bonds. The highest BCUT2D eigenvalue weighted by atomic mass is 16.5. The van der Waals surface area contributed by atoms with Gasteiger partial charge in [-0.15, -0.1) is 0 Å². The van der Waals surface area contributed by atoms with Gasteiger partial charge in [0.25, 0.3) is 76.0 Å². The van der Waals surface area contributed by atoms with E-state index in [2.05, 4.69) is 210 Å². The van der Waals surface area contributed by atoms with E-state index in [9.17, 15) is 67.1 Å². The molecule has 0 unspecified atom stereocenters. The molecule has 140 heavy (non-hydrogen) atoms. The van der Waals surface area contributed by atoms with E-state index >= 15 is 0 Å². The zero-order valence-corrected chi connectivity index (χ0v) is 91.0. The minimum atomic E-state index is -0.421. The number of nitrogens with zero attached hydrogens (tertiary/aromatic N) is 6. The van der Waals surface area contributed by atoms with Crippen LogP contribution in [-0.2, 0) is 14.2 Å². The molecule has 4 aliphatic rings. The van der Waals surface area contributed by atoms with E-state index in [4.69, 9.17) is 14.2 Å². The molecule has 11 rings (SSSR count). The molecule has 7 aromatic rings. The van der Waals surface area contributed by atoms with Crippen molar-refractivity contribution in [2.75, 3.05) is 257 Å². The fourth-order valence-electron chi connectivity index (χ4n) is 17.1. The lowest BCUT2D eigenvalue weighted by Gasteiger charge is -2.33. The van der Waals surface area contributed by atoms with E-state index in [1.807, 2.05) is 40.4 Å². The largest absolute Gasteiger partial charge is 0.383 e. The summed E-state index contributed by atoms with van der Waals surface area (Å²) in [6.45, 7) is 73.3. The van der Waals surface area contributed by atoms with Crippen LogP contribution in [0.4, 0.5) is 79.6 Å². The summed E-state index contributed by atoms with van der Waals surface area (Å²) in [5.74, 6) is 0.718. The predicted molar refractivity (Wildman–Crippen MR) is 588 cm³/mol. The molecule has 4 fully saturated rings. The molecule has 0 spiro atoms. The summed E-state index contributed by atoms with van der Waals surface area (Å²) in [5, 5.41) is 28.2. The van der Waals surface area contributed by atoms with Gasteiger partial charge in [-0.05, 0) is 187 Å². The molecule has 790 valence electrons. The zero-order valence-electron chi connectivity index (χ0n) is 91.0. The van der Waals surface area contributed by atoms with Gasteiger partial charge < -0.3 is 91.5 Å². The maximum atomic E-state index is 12.0. The highest BCUT2D eigenvalue weighted by Crippen LogP contribution is 2.33. The van der Waals surface area contributed by atoms with Crippen LogP contribution in [0.25, 0.3) is 0 Å². The number of morpholine rings is 1. The molecule has 0 atom stereocenters. The minimum Gasteiger partial charge on any atom is -0.383 e. The molecular formula is C108H181N15O17. The summed E-state index contributed by atoms with van der Waals surface area (Å²) in [6, 6.07) is 0. The maximum absolute atomic E-state index is 12.0. The van der Waals surface area contributed by atoms with E-state index in [1.54, 1.807) is 14.2 Å². The Morgan fingerprint density at radius 1 is 0.300 bits per heavy atom. The van der Waals surface area contributed by atoms with Gasteiger partial charge in [-0.3, -0.25) is 67.1 Å². The van der Waals surface area contributed by atoms with Crippen LogP contribution < -0.4 is 153 Å². The number of rotatable bonds is 44. The summed E-state index contributed by atoms with van der Waals surface area (Å²) in [7, 11) is 3.23. The molecule has 0 aromatic heterocycles. The topological polar surface area (TPSA) is 394 Å². The molecule has 4 heterocycles. The first-order valence-corrected chi connectivity index (χ1v) is 52.0. The Morgan fingerprint density at radius 3 is 0.821 bits per heavy atom. The molecule has 4 saturated heterocycles. The minimum absolute atomic E-state index is 0.265. The maximum Gasteiger partial charge on any atom is 0.253 e. The molecule has 0 radical (unpaired) electrons. The van der Waals surface area contributed by atoms with E-state index in [0.717, 1.165) is 226 Å². The normalized spacial score (nSPS) is 14.7. The van der Waals surface area contributed by atoms with Crippen molar-refractivity contribution >= 4 is 79.6 Å². The van der Waals surface area contributed by atoms with Crippen LogP contribution in [0.5, 0.6) is 0 Å². The van der Waals surface area contributed by atoms with Gasteiger partial charge in [-0.1, -0.05) is 152 Å². The molecule has 9 N–H and O–H groups in total. The number of piperidine rings is 2. The second-order valence-corrected chi connectivity index (χ2v) is 46.6. The van der Waals surface area contributed by atoms with Gasteiger partial charge in [0.1, 0.15) is 79.6 Å². The Bertz CT molecular complexity index is 5180. The third-order valence-corrected chi connectivity index (χ3v) is 25.5. The van der Waals surface area contributed by atoms with Gasteiger partial charge in [-0.2, -0.15) is 0 Å². The van der Waals surface area contributed by atoms with E-state index in [0.29, 0.717) is 178 Å². The quantitative estimate of drug-likeness (QED) is 0.0126. The van der Waals surface area contributed by atoms with Crippen LogP contribution in [-0.4, -0.2) is 185 Å². The van der Waals surface area contributed by atoms with Crippen LogP contribution >= 0.6 is 0 Å². The van der Waals surface area contributed by atoms with Gasteiger partial charge in [0, 0.05) is 158 Å². The number of anilines is 14. The highest BCUT2D eigenvalue weighted by molar-refractivity contribution is 5.80. The standard InChI is InChI=1S/C17H30N2O4.C17H28N2O2.C16H26N2O2.C15H25N3O2.C15H24N2O3.C15H26N2O2.C13H22N2O2/c1-17(2,3)7-6-8-18-13-14(16(21)15(13)20)19(9-11-22-4)10-12-23-5;1-12-6-10-19(11-7-12)14-13(15(20)16(14)21)18-9-5-8-17(2,3)4;1-16(2,3)8-7-9-17-12-13(15(20)14(12)19)18-10-5-4-6-11-18;1-15(2,3)5-4-6-17-11-12(14(20)13(11)19)18-9-7-16-8-10-18;1-15(2,3)5-4-6-16-11-12(14(19)13(11)18)17-7-9-20-10-8-17;1-6-17(7-2)12-11(13(18)14(12)19)16-10-8-9-15(3,4)5;1-5-14-9-10(12(17)11(9)16)15-8-6-7-13(2,3)4/h18H,6-12H2,1-5H3;12,18H,5-11H2,1-4H3;17H,4-11H2,1-3H3;16-17H,4-10H2,1-3H3;16H,4-10H2,1-3H3;16H,6-10H2,1-5H3;14-15H,5-8H2,1-4H3. The Kier molecular flexibility index (Phi) is 48.9. The van der Waals surface area contributed by atoms with Crippen LogP contribution in [0.1, 0.15) is 295 Å². The summed E-state index contributed by atoms with van der Waals surface area (Å²) in [6.07, 6.45) is 20.3. The van der Waals surface area contributed by atoms with Crippen molar-refractivity contribution in [3.63, 3.8) is 0 Å². The van der Waals surface area contributed by atoms with Gasteiger partial charge in [0.15, 0.2) is 0 Å². The lowest BCUT2D eigenvalue weighted by atomic mass is 9.90. The number of hydrogen-bond acceptors (Lipinski definition) is 32. The molecule has 0 saturated carbocycles. The second kappa shape index (κ2) is 56.6.